The molecular weight excluding hydrogens is 465 g/mol. The van der Waals surface area contributed by atoms with E-state index in [2.05, 4.69) is 10.6 Å². The quantitative estimate of drug-likeness (QED) is 0.381. The van der Waals surface area contributed by atoms with Gasteiger partial charge in [-0.25, -0.2) is 0 Å². The number of hydrogen-bond donors (Lipinski definition) is 2. The van der Waals surface area contributed by atoms with Gasteiger partial charge in [0.1, 0.15) is 6.17 Å². The number of amides is 1. The van der Waals surface area contributed by atoms with Gasteiger partial charge in [-0.15, -0.1) is 0 Å². The van der Waals surface area contributed by atoms with Gasteiger partial charge in [0.15, 0.2) is 5.11 Å². The minimum absolute atomic E-state index is 0.151. The normalized spacial score (nSPS) is 15.4. The Kier molecular flexibility index (Phi) is 8.20. The second-order valence-corrected chi connectivity index (χ2v) is 9.59. The Morgan fingerprint density at radius 1 is 1.00 bits per heavy atom. The van der Waals surface area contributed by atoms with Crippen molar-refractivity contribution in [3.63, 3.8) is 0 Å². The molecule has 0 aliphatic carbocycles. The minimum Gasteiger partial charge on any atom is -0.378 e. The van der Waals surface area contributed by atoms with E-state index in [0.717, 1.165) is 16.7 Å². The van der Waals surface area contributed by atoms with Gasteiger partial charge >= 0.3 is 0 Å². The second-order valence-electron chi connectivity index (χ2n) is 6.83. The molecule has 0 bridgehead atoms. The van der Waals surface area contributed by atoms with Gasteiger partial charge in [-0.3, -0.25) is 4.79 Å². The molecule has 160 valence electrons. The predicted molar refractivity (Wildman–Crippen MR) is 126 cm³/mol. The van der Waals surface area contributed by atoms with E-state index >= 15 is 0 Å². The highest BCUT2D eigenvalue weighted by Gasteiger charge is 2.35. The summed E-state index contributed by atoms with van der Waals surface area (Å²) in [6.07, 6.45) is -0.813. The lowest BCUT2D eigenvalue weighted by atomic mass is 10.0. The average Bonchev–Trinajstić information content (AvgIpc) is 2.74. The number of carbonyl (C=O) groups excluding carboxylic acids is 1. The molecule has 1 aliphatic rings. The first-order chi connectivity index (χ1) is 14.3. The number of benzene rings is 2. The summed E-state index contributed by atoms with van der Waals surface area (Å²) in [5.74, 6) is -0.281. The largest absolute Gasteiger partial charge is 0.378 e. The molecule has 1 unspecified atom stereocenters. The van der Waals surface area contributed by atoms with Crippen LogP contribution < -0.4 is 10.6 Å². The third kappa shape index (κ3) is 6.72. The van der Waals surface area contributed by atoms with Gasteiger partial charge in [-0.05, 0) is 28.9 Å². The van der Waals surface area contributed by atoms with Gasteiger partial charge in [0.2, 0.25) is 9.70 Å². The number of ether oxygens (including phenoxy) is 1. The highest BCUT2D eigenvalue weighted by molar-refractivity contribution is 7.80. The standard InChI is InChI=1S/C21H22Cl3N3O2S/c22-21(23,24)19(26-20(30)27-10-12-29-13-11-27)25-18(28)14-15-6-8-17(9-7-15)16-4-2-1-3-5-16/h1-9,19H,10-14H2,(H,25,28)(H,26,30). The summed E-state index contributed by atoms with van der Waals surface area (Å²) in [7, 11) is 0. The Morgan fingerprint density at radius 3 is 2.20 bits per heavy atom. The lowest BCUT2D eigenvalue weighted by Gasteiger charge is -2.34. The smallest absolute Gasteiger partial charge is 0.228 e. The number of rotatable bonds is 5. The first kappa shape index (κ1) is 23.1. The van der Waals surface area contributed by atoms with E-state index in [4.69, 9.17) is 51.8 Å². The van der Waals surface area contributed by atoms with Crippen LogP contribution in [0.25, 0.3) is 11.1 Å². The third-order valence-electron chi connectivity index (χ3n) is 4.62. The lowest BCUT2D eigenvalue weighted by molar-refractivity contribution is -0.121. The zero-order valence-corrected chi connectivity index (χ0v) is 19.2. The Morgan fingerprint density at radius 2 is 1.60 bits per heavy atom. The van der Waals surface area contributed by atoms with Crippen LogP contribution in [0.1, 0.15) is 5.56 Å². The van der Waals surface area contributed by atoms with Gasteiger partial charge in [0, 0.05) is 13.1 Å². The first-order valence-corrected chi connectivity index (χ1v) is 11.0. The summed E-state index contributed by atoms with van der Waals surface area (Å²) < 4.78 is 3.54. The lowest BCUT2D eigenvalue weighted by Crippen LogP contribution is -2.59. The van der Waals surface area contributed by atoms with E-state index < -0.39 is 9.96 Å². The molecule has 2 aromatic carbocycles. The Labute approximate surface area is 196 Å². The molecule has 2 aromatic rings. The van der Waals surface area contributed by atoms with Crippen LogP contribution in [0.4, 0.5) is 0 Å². The number of nitrogens with zero attached hydrogens (tertiary/aromatic N) is 1. The fourth-order valence-electron chi connectivity index (χ4n) is 3.02. The van der Waals surface area contributed by atoms with E-state index in [0.29, 0.717) is 31.4 Å². The van der Waals surface area contributed by atoms with E-state index in [-0.39, 0.29) is 12.3 Å². The molecule has 9 heteroatoms. The summed E-state index contributed by atoms with van der Waals surface area (Å²) in [6.45, 7) is 2.43. The molecule has 3 rings (SSSR count). The molecule has 1 amide bonds. The maximum Gasteiger partial charge on any atom is 0.228 e. The number of alkyl halides is 3. The SMILES string of the molecule is O=C(Cc1ccc(-c2ccccc2)cc1)NC(NC(=S)N1CCOCC1)C(Cl)(Cl)Cl. The second kappa shape index (κ2) is 10.6. The third-order valence-corrected chi connectivity index (χ3v) is 5.66. The van der Waals surface area contributed by atoms with Crippen LogP contribution in [0.15, 0.2) is 54.6 Å². The summed E-state index contributed by atoms with van der Waals surface area (Å²) in [4.78, 5) is 14.5. The van der Waals surface area contributed by atoms with Gasteiger partial charge < -0.3 is 20.3 Å². The molecule has 0 saturated carbocycles. The van der Waals surface area contributed by atoms with Gasteiger partial charge in [-0.2, -0.15) is 0 Å². The highest BCUT2D eigenvalue weighted by Crippen LogP contribution is 2.29. The molecular formula is C21H22Cl3N3O2S. The number of thiocarbonyl (C=S) groups is 1. The van der Waals surface area contributed by atoms with Crippen LogP contribution >= 0.6 is 47.0 Å². The molecule has 1 atom stereocenters. The molecule has 30 heavy (non-hydrogen) atoms. The summed E-state index contributed by atoms with van der Waals surface area (Å²) in [6, 6.07) is 17.8. The van der Waals surface area contributed by atoms with Gasteiger partial charge in [0.25, 0.3) is 0 Å². The zero-order valence-electron chi connectivity index (χ0n) is 16.1. The highest BCUT2D eigenvalue weighted by atomic mass is 35.6. The number of nitrogens with one attached hydrogen (secondary N) is 2. The number of carbonyl (C=O) groups is 1. The molecule has 1 aliphatic heterocycles. The summed E-state index contributed by atoms with van der Waals surface area (Å²) >= 11 is 23.6. The minimum atomic E-state index is -1.77. The fraction of sp³-hybridized carbons (Fsp3) is 0.333. The molecule has 1 saturated heterocycles. The maximum atomic E-state index is 12.6. The average molecular weight is 487 g/mol. The number of halogens is 3. The van der Waals surface area contributed by atoms with Crippen molar-refractivity contribution in [2.45, 2.75) is 16.4 Å². The van der Waals surface area contributed by atoms with E-state index in [9.17, 15) is 4.79 Å². The van der Waals surface area contributed by atoms with Crippen LogP contribution in [0.3, 0.4) is 0 Å². The molecule has 0 spiro atoms. The Bertz CT molecular complexity index is 854. The monoisotopic (exact) mass is 485 g/mol. The zero-order chi connectivity index (χ0) is 21.6. The topological polar surface area (TPSA) is 53.6 Å². The Hall–Kier alpha value is -1.57. The Balaban J connectivity index is 1.59. The molecule has 5 nitrogen and oxygen atoms in total. The van der Waals surface area contributed by atoms with E-state index in [1.54, 1.807) is 0 Å². The van der Waals surface area contributed by atoms with Crippen LogP contribution in [0.5, 0.6) is 0 Å². The van der Waals surface area contributed by atoms with Crippen LogP contribution in [-0.4, -0.2) is 52.2 Å². The van der Waals surface area contributed by atoms with Crippen molar-refractivity contribution in [2.24, 2.45) is 0 Å². The molecule has 1 fully saturated rings. The van der Waals surface area contributed by atoms with Crippen molar-refractivity contribution in [3.8, 4) is 11.1 Å². The van der Waals surface area contributed by atoms with Crippen molar-refractivity contribution in [2.75, 3.05) is 26.3 Å². The van der Waals surface area contributed by atoms with E-state index in [1.807, 2.05) is 59.5 Å². The van der Waals surface area contributed by atoms with Crippen molar-refractivity contribution < 1.29 is 9.53 Å². The number of hydrogen-bond acceptors (Lipinski definition) is 3. The number of morpholine rings is 1. The van der Waals surface area contributed by atoms with E-state index in [1.165, 1.54) is 0 Å². The molecule has 0 radical (unpaired) electrons. The van der Waals surface area contributed by atoms with Crippen molar-refractivity contribution in [1.82, 2.24) is 15.5 Å². The molecule has 0 aromatic heterocycles. The first-order valence-electron chi connectivity index (χ1n) is 9.46. The van der Waals surface area contributed by atoms with Crippen LogP contribution in [-0.2, 0) is 16.0 Å². The summed E-state index contributed by atoms with van der Waals surface area (Å²) in [5.41, 5.74) is 3.05. The van der Waals surface area contributed by atoms with Gasteiger partial charge in [0.05, 0.1) is 19.6 Å². The van der Waals surface area contributed by atoms with Crippen molar-refractivity contribution >= 4 is 58.0 Å². The molecule has 1 heterocycles. The predicted octanol–water partition coefficient (Wildman–Crippen LogP) is 3.92. The summed E-state index contributed by atoms with van der Waals surface area (Å²) in [5, 5.41) is 6.08. The van der Waals surface area contributed by atoms with Crippen LogP contribution in [0, 0.1) is 0 Å². The van der Waals surface area contributed by atoms with Crippen LogP contribution in [0.2, 0.25) is 0 Å². The van der Waals surface area contributed by atoms with Crippen molar-refractivity contribution in [3.05, 3.63) is 60.2 Å². The van der Waals surface area contributed by atoms with Crippen molar-refractivity contribution in [1.29, 1.82) is 0 Å². The van der Waals surface area contributed by atoms with Gasteiger partial charge in [-0.1, -0.05) is 89.4 Å². The fourth-order valence-corrected chi connectivity index (χ4v) is 3.65. The molecule has 2 N–H and O–H groups in total. The maximum absolute atomic E-state index is 12.6.